The van der Waals surface area contributed by atoms with E-state index in [4.69, 9.17) is 30.1 Å². The SMILES string of the molecule is CCCCOC(=O)COc1ccc(C(=O)CCC(=O)c2ccc(C(=N)N)cc2)cc1OCC(=O)OCCCC.I. The number of carbonyl (C=O) groups excluding carboxylic acids is 4. The Morgan fingerprint density at radius 1 is 0.700 bits per heavy atom. The number of ketones is 2. The van der Waals surface area contributed by atoms with Crippen LogP contribution in [0.4, 0.5) is 0 Å². The lowest BCUT2D eigenvalue weighted by molar-refractivity contribution is -0.147. The Morgan fingerprint density at radius 2 is 1.15 bits per heavy atom. The van der Waals surface area contributed by atoms with Gasteiger partial charge < -0.3 is 24.7 Å². The number of carbonyl (C=O) groups is 4. The van der Waals surface area contributed by atoms with Crippen molar-refractivity contribution < 1.29 is 38.1 Å². The first-order valence-electron chi connectivity index (χ1n) is 13.0. The normalized spacial score (nSPS) is 10.2. The maximum absolute atomic E-state index is 12.9. The van der Waals surface area contributed by atoms with Crippen molar-refractivity contribution in [2.75, 3.05) is 26.4 Å². The maximum atomic E-state index is 12.9. The zero-order valence-electron chi connectivity index (χ0n) is 22.9. The highest BCUT2D eigenvalue weighted by molar-refractivity contribution is 14.0. The van der Waals surface area contributed by atoms with Crippen LogP contribution in [0.25, 0.3) is 0 Å². The fourth-order valence-corrected chi connectivity index (χ4v) is 3.28. The molecule has 3 N–H and O–H groups in total. The smallest absolute Gasteiger partial charge is 0.344 e. The van der Waals surface area contributed by atoms with Gasteiger partial charge in [0.25, 0.3) is 0 Å². The van der Waals surface area contributed by atoms with Gasteiger partial charge in [-0.2, -0.15) is 0 Å². The number of ether oxygens (including phenoxy) is 4. The van der Waals surface area contributed by atoms with Gasteiger partial charge in [0.1, 0.15) is 5.84 Å². The number of unbranched alkanes of at least 4 members (excludes halogenated alkanes) is 2. The monoisotopic (exact) mass is 668 g/mol. The molecule has 0 unspecified atom stereocenters. The zero-order chi connectivity index (χ0) is 28.6. The van der Waals surface area contributed by atoms with Crippen LogP contribution >= 0.6 is 24.0 Å². The summed E-state index contributed by atoms with van der Waals surface area (Å²) in [4.78, 5) is 49.4. The Hall–Kier alpha value is -3.48. The van der Waals surface area contributed by atoms with Crippen LogP contribution < -0.4 is 15.2 Å². The molecule has 10 nitrogen and oxygen atoms in total. The van der Waals surface area contributed by atoms with Gasteiger partial charge in [-0.25, -0.2) is 9.59 Å². The first-order chi connectivity index (χ1) is 18.7. The molecular formula is C29H37IN2O8. The van der Waals surface area contributed by atoms with Gasteiger partial charge in [0.15, 0.2) is 36.3 Å². The van der Waals surface area contributed by atoms with E-state index in [9.17, 15) is 19.2 Å². The van der Waals surface area contributed by atoms with Gasteiger partial charge in [-0.3, -0.25) is 15.0 Å². The van der Waals surface area contributed by atoms with E-state index in [1.54, 1.807) is 24.3 Å². The van der Waals surface area contributed by atoms with Crippen LogP contribution in [0.3, 0.4) is 0 Å². The van der Waals surface area contributed by atoms with E-state index in [0.29, 0.717) is 17.7 Å². The third-order valence-corrected chi connectivity index (χ3v) is 5.58. The highest BCUT2D eigenvalue weighted by atomic mass is 127. The zero-order valence-corrected chi connectivity index (χ0v) is 25.2. The number of amidine groups is 1. The van der Waals surface area contributed by atoms with Gasteiger partial charge in [0.2, 0.25) is 0 Å². The Balaban J connectivity index is 0.00000800. The highest BCUT2D eigenvalue weighted by Crippen LogP contribution is 2.29. The minimum Gasteiger partial charge on any atom is -0.478 e. The number of benzene rings is 2. The minimum atomic E-state index is -0.577. The van der Waals surface area contributed by atoms with E-state index in [1.165, 1.54) is 18.2 Å². The molecule has 2 rings (SSSR count). The number of Topliss-reactive ketones (excluding diaryl/α,β-unsaturated/α-hetero) is 2. The molecule has 11 heteroatoms. The summed E-state index contributed by atoms with van der Waals surface area (Å²) in [5.74, 6) is -1.54. The molecule has 0 fully saturated rings. The third kappa shape index (κ3) is 12.1. The molecule has 218 valence electrons. The predicted molar refractivity (Wildman–Crippen MR) is 160 cm³/mol. The number of nitrogen functional groups attached to an aromatic ring is 1. The average Bonchev–Trinajstić information content (AvgIpc) is 2.94. The summed E-state index contributed by atoms with van der Waals surface area (Å²) < 4.78 is 21.3. The van der Waals surface area contributed by atoms with Gasteiger partial charge in [0.05, 0.1) is 13.2 Å². The number of nitrogens with one attached hydrogen (secondary N) is 1. The van der Waals surface area contributed by atoms with Crippen LogP contribution in [-0.2, 0) is 19.1 Å². The van der Waals surface area contributed by atoms with Crippen LogP contribution in [0.15, 0.2) is 42.5 Å². The Morgan fingerprint density at radius 3 is 1.65 bits per heavy atom. The molecule has 0 bridgehead atoms. The van der Waals surface area contributed by atoms with E-state index in [1.807, 2.05) is 13.8 Å². The largest absolute Gasteiger partial charge is 0.478 e. The van der Waals surface area contributed by atoms with E-state index in [0.717, 1.165) is 25.7 Å². The molecule has 0 aliphatic carbocycles. The van der Waals surface area contributed by atoms with Crippen LogP contribution in [0, 0.1) is 5.41 Å². The number of nitrogens with two attached hydrogens (primary N) is 1. The standard InChI is InChI=1S/C29H36N2O8.HI/c1-3-5-15-36-27(34)18-38-25-14-11-22(17-26(25)39-19-28(35)37-16-6-4-2)24(33)13-12-23(32)20-7-9-21(10-8-20)29(30)31;/h7-11,14,17H,3-6,12-13,15-16,18-19H2,1-2H3,(H3,30,31);1H. The fourth-order valence-electron chi connectivity index (χ4n) is 3.28. The fraction of sp³-hybridized carbons (Fsp3) is 0.414. The Kier molecular flexibility index (Phi) is 16.2. The average molecular weight is 669 g/mol. The molecule has 40 heavy (non-hydrogen) atoms. The number of rotatable bonds is 18. The number of esters is 2. The van der Waals surface area contributed by atoms with Crippen molar-refractivity contribution in [3.05, 3.63) is 59.2 Å². The topological polar surface area (TPSA) is 155 Å². The van der Waals surface area contributed by atoms with Gasteiger partial charge in [-0.1, -0.05) is 51.0 Å². The number of hydrogen-bond acceptors (Lipinski definition) is 9. The minimum absolute atomic E-state index is 0. The second-order valence-corrected chi connectivity index (χ2v) is 8.72. The molecule has 0 heterocycles. The molecule has 2 aromatic carbocycles. The van der Waals surface area contributed by atoms with Gasteiger partial charge in [-0.05, 0) is 31.0 Å². The second kappa shape index (κ2) is 18.7. The van der Waals surface area contributed by atoms with E-state index < -0.39 is 18.5 Å². The number of halogens is 1. The molecule has 0 atom stereocenters. The van der Waals surface area contributed by atoms with Crippen molar-refractivity contribution in [2.45, 2.75) is 52.4 Å². The summed E-state index contributed by atoms with van der Waals surface area (Å²) in [5, 5.41) is 7.43. The molecule has 0 saturated heterocycles. The van der Waals surface area contributed by atoms with Crippen molar-refractivity contribution in [3.8, 4) is 11.5 Å². The first-order valence-corrected chi connectivity index (χ1v) is 13.0. The first kappa shape index (κ1) is 34.5. The second-order valence-electron chi connectivity index (χ2n) is 8.72. The van der Waals surface area contributed by atoms with Gasteiger partial charge >= 0.3 is 11.9 Å². The molecule has 2 aromatic rings. The summed E-state index contributed by atoms with van der Waals surface area (Å²) in [5.41, 5.74) is 6.60. The van der Waals surface area contributed by atoms with Crippen molar-refractivity contribution in [1.29, 1.82) is 5.41 Å². The van der Waals surface area contributed by atoms with Crippen molar-refractivity contribution in [3.63, 3.8) is 0 Å². The summed E-state index contributed by atoms with van der Waals surface area (Å²) in [6.07, 6.45) is 3.13. The molecule has 0 aliphatic heterocycles. The molecule has 0 radical (unpaired) electrons. The summed E-state index contributed by atoms with van der Waals surface area (Å²) >= 11 is 0. The van der Waals surface area contributed by atoms with Crippen molar-refractivity contribution in [1.82, 2.24) is 0 Å². The lowest BCUT2D eigenvalue weighted by Crippen LogP contribution is -2.18. The van der Waals surface area contributed by atoms with Crippen LogP contribution in [-0.4, -0.2) is 55.8 Å². The van der Waals surface area contributed by atoms with Gasteiger partial charge in [0, 0.05) is 29.5 Å². The quantitative estimate of drug-likeness (QED) is 0.0565. The van der Waals surface area contributed by atoms with Crippen molar-refractivity contribution >= 4 is 53.3 Å². The molecule has 0 saturated carbocycles. The highest BCUT2D eigenvalue weighted by Gasteiger charge is 2.17. The van der Waals surface area contributed by atoms with Crippen LogP contribution in [0.2, 0.25) is 0 Å². The third-order valence-electron chi connectivity index (χ3n) is 5.58. The Labute approximate surface area is 251 Å². The van der Waals surface area contributed by atoms with Crippen LogP contribution in [0.5, 0.6) is 11.5 Å². The Bertz CT molecular complexity index is 1150. The lowest BCUT2D eigenvalue weighted by atomic mass is 10.0. The lowest BCUT2D eigenvalue weighted by Gasteiger charge is -2.14. The molecular weight excluding hydrogens is 631 g/mol. The number of hydrogen-bond donors (Lipinski definition) is 2. The maximum Gasteiger partial charge on any atom is 0.344 e. The summed E-state index contributed by atoms with van der Waals surface area (Å²) in [6, 6.07) is 10.7. The molecule has 0 aliphatic rings. The van der Waals surface area contributed by atoms with E-state index in [-0.39, 0.29) is 84.5 Å². The van der Waals surface area contributed by atoms with Crippen molar-refractivity contribution in [2.24, 2.45) is 5.73 Å². The molecule has 0 amide bonds. The van der Waals surface area contributed by atoms with Gasteiger partial charge in [-0.15, -0.1) is 24.0 Å². The van der Waals surface area contributed by atoms with E-state index >= 15 is 0 Å². The van der Waals surface area contributed by atoms with E-state index in [2.05, 4.69) is 0 Å². The molecule has 0 aromatic heterocycles. The molecule has 0 spiro atoms. The predicted octanol–water partition coefficient (Wildman–Crippen LogP) is 4.88. The summed E-state index contributed by atoms with van der Waals surface area (Å²) in [6.45, 7) is 3.74. The van der Waals surface area contributed by atoms with Crippen LogP contribution in [0.1, 0.15) is 78.7 Å². The summed E-state index contributed by atoms with van der Waals surface area (Å²) in [7, 11) is 0.